The minimum Gasteiger partial charge on any atom is -0.247 e. The van der Waals surface area contributed by atoms with Crippen LogP contribution in [0.4, 0.5) is 0 Å². The number of halogens is 1. The number of thiazole rings is 1. The molecule has 2 radical (unpaired) electrons. The van der Waals surface area contributed by atoms with Crippen molar-refractivity contribution in [1.82, 2.24) is 4.98 Å². The molecule has 1 rings (SSSR count). The molecule has 0 aliphatic carbocycles. The van der Waals surface area contributed by atoms with Crippen molar-refractivity contribution in [2.75, 3.05) is 0 Å². The second-order valence-electron chi connectivity index (χ2n) is 1.95. The van der Waals surface area contributed by atoms with Crippen LogP contribution in [0.3, 0.4) is 0 Å². The average molecular weight is 261 g/mol. The molecule has 1 heterocycles. The Kier molecular flexibility index (Phi) is 2.52. The lowest BCUT2D eigenvalue weighted by Gasteiger charge is -1.90. The van der Waals surface area contributed by atoms with Gasteiger partial charge in [-0.3, -0.25) is 0 Å². The van der Waals surface area contributed by atoms with E-state index >= 15 is 0 Å². The molecule has 1 aromatic rings. The van der Waals surface area contributed by atoms with E-state index in [1.807, 2.05) is 6.92 Å². The number of allylic oxidation sites excluding steroid dienone is 1. The maximum Gasteiger partial charge on any atom is 0.157 e. The third-order valence-electron chi connectivity index (χ3n) is 0.990. The molecular weight excluding hydrogens is 256 g/mol. The summed E-state index contributed by atoms with van der Waals surface area (Å²) in [4.78, 5) is 5.76. The first-order valence-electron chi connectivity index (χ1n) is 2.69. The summed E-state index contributed by atoms with van der Waals surface area (Å²) >= 11 is 3.64. The van der Waals surface area contributed by atoms with E-state index in [2.05, 4.69) is 34.2 Å². The highest BCUT2D eigenvalue weighted by Gasteiger charge is 2.04. The van der Waals surface area contributed by atoms with Crippen LogP contribution < -0.4 is 4.91 Å². The molecule has 0 saturated carbocycles. The quantitative estimate of drug-likeness (QED) is 0.552. The fraction of sp³-hybridized carbons (Fsp3) is 0.167. The SMILES string of the molecule is [B]c1nc(I)c(C(=C)C)s1. The fourth-order valence-electron chi connectivity index (χ4n) is 0.580. The van der Waals surface area contributed by atoms with E-state index in [0.29, 0.717) is 4.91 Å². The van der Waals surface area contributed by atoms with Gasteiger partial charge in [0.15, 0.2) is 7.85 Å². The lowest BCUT2D eigenvalue weighted by atomic mass is 10.2. The van der Waals surface area contributed by atoms with E-state index in [4.69, 9.17) is 7.85 Å². The zero-order chi connectivity index (χ0) is 7.72. The van der Waals surface area contributed by atoms with Gasteiger partial charge in [-0.2, -0.15) is 0 Å². The Morgan fingerprint density at radius 3 is 2.60 bits per heavy atom. The van der Waals surface area contributed by atoms with E-state index in [1.54, 1.807) is 0 Å². The fourth-order valence-corrected chi connectivity index (χ4v) is 2.44. The summed E-state index contributed by atoms with van der Waals surface area (Å²) in [6.45, 7) is 5.76. The highest BCUT2D eigenvalue weighted by molar-refractivity contribution is 14.1. The number of aromatic nitrogens is 1. The summed E-state index contributed by atoms with van der Waals surface area (Å²) in [6, 6.07) is 0. The first kappa shape index (κ1) is 8.26. The van der Waals surface area contributed by atoms with Gasteiger partial charge in [0.2, 0.25) is 0 Å². The molecule has 10 heavy (non-hydrogen) atoms. The molecule has 0 aliphatic rings. The van der Waals surface area contributed by atoms with Crippen LogP contribution in [-0.2, 0) is 0 Å². The number of hydrogen-bond donors (Lipinski definition) is 0. The van der Waals surface area contributed by atoms with Gasteiger partial charge < -0.3 is 0 Å². The van der Waals surface area contributed by atoms with Crippen LogP contribution in [0.1, 0.15) is 11.8 Å². The topological polar surface area (TPSA) is 12.9 Å². The van der Waals surface area contributed by atoms with Crippen molar-refractivity contribution in [1.29, 1.82) is 0 Å². The van der Waals surface area contributed by atoms with E-state index in [1.165, 1.54) is 11.3 Å². The molecule has 0 N–H and O–H groups in total. The minimum atomic E-state index is 0.613. The highest BCUT2D eigenvalue weighted by Crippen LogP contribution is 2.20. The summed E-state index contributed by atoms with van der Waals surface area (Å²) in [7, 11) is 5.48. The lowest BCUT2D eigenvalue weighted by molar-refractivity contribution is 1.38. The van der Waals surface area contributed by atoms with Gasteiger partial charge in [0.05, 0.1) is 4.88 Å². The van der Waals surface area contributed by atoms with Crippen LogP contribution >= 0.6 is 33.9 Å². The third-order valence-corrected chi connectivity index (χ3v) is 3.18. The second kappa shape index (κ2) is 3.05. The summed E-state index contributed by atoms with van der Waals surface area (Å²) in [5.41, 5.74) is 1.03. The molecule has 4 heteroatoms. The summed E-state index contributed by atoms with van der Waals surface area (Å²) in [5, 5.41) is 0. The van der Waals surface area contributed by atoms with E-state index in [9.17, 15) is 0 Å². The molecule has 50 valence electrons. The van der Waals surface area contributed by atoms with Crippen LogP contribution in [0.25, 0.3) is 5.57 Å². The van der Waals surface area contributed by atoms with Crippen molar-refractivity contribution in [2.24, 2.45) is 0 Å². The van der Waals surface area contributed by atoms with Gasteiger partial charge in [-0.15, -0.1) is 11.3 Å². The molecule has 0 aromatic carbocycles. The summed E-state index contributed by atoms with van der Waals surface area (Å²) < 4.78 is 0.951. The van der Waals surface area contributed by atoms with Crippen molar-refractivity contribution in [3.63, 3.8) is 0 Å². The lowest BCUT2D eigenvalue weighted by Crippen LogP contribution is -1.97. The third kappa shape index (κ3) is 1.60. The number of nitrogens with zero attached hydrogens (tertiary/aromatic N) is 1. The molecule has 0 saturated heterocycles. The van der Waals surface area contributed by atoms with Gasteiger partial charge in [0.25, 0.3) is 0 Å². The molecule has 0 atom stereocenters. The largest absolute Gasteiger partial charge is 0.247 e. The van der Waals surface area contributed by atoms with Crippen LogP contribution in [0.15, 0.2) is 6.58 Å². The molecule has 0 amide bonds. The van der Waals surface area contributed by atoms with Crippen molar-refractivity contribution in [3.05, 3.63) is 15.2 Å². The Balaban J connectivity index is 3.15. The van der Waals surface area contributed by atoms with Gasteiger partial charge >= 0.3 is 0 Å². The molecule has 0 unspecified atom stereocenters. The van der Waals surface area contributed by atoms with Gasteiger partial charge in [-0.1, -0.05) is 6.58 Å². The smallest absolute Gasteiger partial charge is 0.157 e. The highest BCUT2D eigenvalue weighted by atomic mass is 127. The van der Waals surface area contributed by atoms with Crippen molar-refractivity contribution in [3.8, 4) is 0 Å². The summed E-state index contributed by atoms with van der Waals surface area (Å²) in [5.74, 6) is 0. The maximum absolute atomic E-state index is 5.48. The van der Waals surface area contributed by atoms with Crippen molar-refractivity contribution < 1.29 is 0 Å². The Hall–Kier alpha value is 0.165. The first-order chi connectivity index (χ1) is 4.61. The standard InChI is InChI=1S/C6H5BINS/c1-3(2)4-5(8)9-6(7)10-4/h1H2,2H3. The van der Waals surface area contributed by atoms with Gasteiger partial charge in [-0.05, 0) is 35.1 Å². The van der Waals surface area contributed by atoms with E-state index in [-0.39, 0.29) is 0 Å². The molecule has 1 nitrogen and oxygen atoms in total. The Bertz CT molecular complexity index is 269. The maximum atomic E-state index is 5.48. The van der Waals surface area contributed by atoms with Crippen molar-refractivity contribution in [2.45, 2.75) is 6.92 Å². The normalized spacial score (nSPS) is 9.80. The monoisotopic (exact) mass is 261 g/mol. The Morgan fingerprint density at radius 1 is 1.80 bits per heavy atom. The van der Waals surface area contributed by atoms with Crippen LogP contribution in [0.2, 0.25) is 0 Å². The molecule has 0 spiro atoms. The van der Waals surface area contributed by atoms with E-state index in [0.717, 1.165) is 14.2 Å². The minimum absolute atomic E-state index is 0.613. The van der Waals surface area contributed by atoms with Crippen LogP contribution in [0.5, 0.6) is 0 Å². The Morgan fingerprint density at radius 2 is 2.40 bits per heavy atom. The molecular formula is C6H5BINS. The average Bonchev–Trinajstić information content (AvgIpc) is 2.10. The molecule has 0 aliphatic heterocycles. The molecule has 1 aromatic heterocycles. The predicted molar refractivity (Wildman–Crippen MR) is 54.9 cm³/mol. The van der Waals surface area contributed by atoms with Crippen LogP contribution in [0, 0.1) is 3.70 Å². The molecule has 0 fully saturated rings. The van der Waals surface area contributed by atoms with Crippen molar-refractivity contribution >= 4 is 52.3 Å². The molecule has 0 bridgehead atoms. The first-order valence-corrected chi connectivity index (χ1v) is 4.58. The summed E-state index contributed by atoms with van der Waals surface area (Å²) in [6.07, 6.45) is 0. The zero-order valence-corrected chi connectivity index (χ0v) is 8.49. The van der Waals surface area contributed by atoms with Gasteiger partial charge in [0, 0.05) is 4.91 Å². The van der Waals surface area contributed by atoms with Crippen LogP contribution in [-0.4, -0.2) is 12.8 Å². The zero-order valence-electron chi connectivity index (χ0n) is 5.52. The van der Waals surface area contributed by atoms with Gasteiger partial charge in [0.1, 0.15) is 3.70 Å². The van der Waals surface area contributed by atoms with Gasteiger partial charge in [-0.25, -0.2) is 4.98 Å². The number of rotatable bonds is 1. The second-order valence-corrected chi connectivity index (χ2v) is 4.00. The van der Waals surface area contributed by atoms with E-state index < -0.39 is 0 Å². The number of hydrogen-bond acceptors (Lipinski definition) is 2. The Labute approximate surface area is 79.1 Å². The predicted octanol–water partition coefficient (Wildman–Crippen LogP) is 1.57.